The van der Waals surface area contributed by atoms with Gasteiger partial charge in [0.05, 0.1) is 17.7 Å². The Bertz CT molecular complexity index is 785. The predicted molar refractivity (Wildman–Crippen MR) is 104 cm³/mol. The minimum Gasteiger partial charge on any atom is -0.462 e. The first-order valence-corrected chi connectivity index (χ1v) is 9.89. The van der Waals surface area contributed by atoms with E-state index in [2.05, 4.69) is 27.9 Å². The number of halogens is 1. The van der Waals surface area contributed by atoms with Crippen molar-refractivity contribution in [3.8, 4) is 0 Å². The van der Waals surface area contributed by atoms with Crippen molar-refractivity contribution in [2.75, 3.05) is 11.9 Å². The van der Waals surface area contributed by atoms with Gasteiger partial charge in [-0.3, -0.25) is 4.79 Å². The third-order valence-corrected chi connectivity index (χ3v) is 6.14. The highest BCUT2D eigenvalue weighted by atomic mass is 127. The van der Waals surface area contributed by atoms with Crippen LogP contribution in [0.2, 0.25) is 0 Å². The van der Waals surface area contributed by atoms with Crippen molar-refractivity contribution < 1.29 is 14.3 Å². The van der Waals surface area contributed by atoms with Crippen LogP contribution in [0.1, 0.15) is 50.9 Å². The second kappa shape index (κ2) is 7.65. The van der Waals surface area contributed by atoms with Crippen LogP contribution < -0.4 is 5.32 Å². The molecule has 0 unspecified atom stereocenters. The Labute approximate surface area is 158 Å². The molecule has 1 aromatic carbocycles. The van der Waals surface area contributed by atoms with Crippen LogP contribution in [0.3, 0.4) is 0 Å². The third-order valence-electron chi connectivity index (χ3n) is 4.00. The Morgan fingerprint density at radius 2 is 2.00 bits per heavy atom. The summed E-state index contributed by atoms with van der Waals surface area (Å²) in [5.74, 6) is -0.529. The molecule has 3 rings (SSSR count). The molecule has 0 atom stereocenters. The zero-order valence-corrected chi connectivity index (χ0v) is 16.3. The fourth-order valence-corrected chi connectivity index (χ4v) is 4.79. The highest BCUT2D eigenvalue weighted by Gasteiger charge is 2.27. The summed E-state index contributed by atoms with van der Waals surface area (Å²) in [6, 6.07) is 7.41. The van der Waals surface area contributed by atoms with Gasteiger partial charge < -0.3 is 10.1 Å². The van der Waals surface area contributed by atoms with Gasteiger partial charge in [0.25, 0.3) is 5.91 Å². The Morgan fingerprint density at radius 3 is 2.75 bits per heavy atom. The zero-order valence-electron chi connectivity index (χ0n) is 13.4. The molecule has 4 nitrogen and oxygen atoms in total. The second-order valence-corrected chi connectivity index (χ2v) is 7.84. The number of esters is 1. The average Bonchev–Trinajstić information content (AvgIpc) is 2.93. The standard InChI is InChI=1S/C18H18INO3S/c1-2-23-18(22)15-12-8-4-6-10-14(12)24-17(15)20-16(21)11-7-3-5-9-13(11)19/h3,5,7,9H,2,4,6,8,10H2,1H3,(H,20,21). The van der Waals surface area contributed by atoms with Gasteiger partial charge in [0, 0.05) is 8.45 Å². The molecule has 0 saturated carbocycles. The number of hydrogen-bond donors (Lipinski definition) is 1. The van der Waals surface area contributed by atoms with Crippen LogP contribution in [0.4, 0.5) is 5.00 Å². The Hall–Kier alpha value is -1.41. The Morgan fingerprint density at radius 1 is 1.25 bits per heavy atom. The van der Waals surface area contributed by atoms with Crippen molar-refractivity contribution in [3.63, 3.8) is 0 Å². The molecule has 126 valence electrons. The molecule has 1 N–H and O–H groups in total. The highest BCUT2D eigenvalue weighted by molar-refractivity contribution is 14.1. The van der Waals surface area contributed by atoms with Gasteiger partial charge in [-0.1, -0.05) is 12.1 Å². The van der Waals surface area contributed by atoms with Crippen molar-refractivity contribution >= 4 is 50.8 Å². The molecule has 1 heterocycles. The summed E-state index contributed by atoms with van der Waals surface area (Å²) >= 11 is 3.65. The van der Waals surface area contributed by atoms with E-state index < -0.39 is 0 Å². The van der Waals surface area contributed by atoms with Gasteiger partial charge in [-0.2, -0.15) is 0 Å². The molecule has 1 amide bonds. The van der Waals surface area contributed by atoms with Crippen LogP contribution in [0.25, 0.3) is 0 Å². The summed E-state index contributed by atoms with van der Waals surface area (Å²) in [5, 5.41) is 3.55. The summed E-state index contributed by atoms with van der Waals surface area (Å²) in [6.07, 6.45) is 4.03. The van der Waals surface area contributed by atoms with E-state index in [1.807, 2.05) is 18.2 Å². The Kier molecular flexibility index (Phi) is 5.55. The van der Waals surface area contributed by atoms with Gasteiger partial charge in [-0.15, -0.1) is 11.3 Å². The second-order valence-electron chi connectivity index (χ2n) is 5.57. The summed E-state index contributed by atoms with van der Waals surface area (Å²) in [7, 11) is 0. The van der Waals surface area contributed by atoms with Crippen LogP contribution >= 0.6 is 33.9 Å². The molecule has 0 fully saturated rings. The molecular formula is C18H18INO3S. The average molecular weight is 455 g/mol. The molecule has 0 aliphatic heterocycles. The van der Waals surface area contributed by atoms with E-state index in [1.54, 1.807) is 13.0 Å². The number of aryl methyl sites for hydroxylation is 1. The first kappa shape index (κ1) is 17.4. The van der Waals surface area contributed by atoms with Gasteiger partial charge in [0.1, 0.15) is 5.00 Å². The molecular weight excluding hydrogens is 437 g/mol. The fourth-order valence-electron chi connectivity index (χ4n) is 2.89. The number of amides is 1. The Balaban J connectivity index is 1.95. The van der Waals surface area contributed by atoms with Crippen LogP contribution in [-0.4, -0.2) is 18.5 Å². The number of benzene rings is 1. The molecule has 6 heteroatoms. The molecule has 0 radical (unpaired) electrons. The minimum absolute atomic E-state index is 0.191. The van der Waals surface area contributed by atoms with E-state index in [1.165, 1.54) is 16.2 Å². The normalized spacial score (nSPS) is 13.2. The van der Waals surface area contributed by atoms with Gasteiger partial charge in [0.15, 0.2) is 0 Å². The van der Waals surface area contributed by atoms with Gasteiger partial charge >= 0.3 is 5.97 Å². The zero-order chi connectivity index (χ0) is 17.1. The van der Waals surface area contributed by atoms with Crippen molar-refractivity contribution in [2.24, 2.45) is 0 Å². The van der Waals surface area contributed by atoms with E-state index in [0.717, 1.165) is 34.8 Å². The van der Waals surface area contributed by atoms with Crippen LogP contribution in [0.5, 0.6) is 0 Å². The molecule has 1 aromatic heterocycles. The SMILES string of the molecule is CCOC(=O)c1c(NC(=O)c2ccccc2I)sc2c1CCCC2. The predicted octanol–water partition coefficient (Wildman–Crippen LogP) is 4.66. The van der Waals surface area contributed by atoms with E-state index in [9.17, 15) is 9.59 Å². The van der Waals surface area contributed by atoms with Crippen molar-refractivity contribution in [2.45, 2.75) is 32.6 Å². The molecule has 24 heavy (non-hydrogen) atoms. The van der Waals surface area contributed by atoms with Crippen molar-refractivity contribution in [1.29, 1.82) is 0 Å². The van der Waals surface area contributed by atoms with E-state index in [4.69, 9.17) is 4.74 Å². The van der Waals surface area contributed by atoms with Crippen molar-refractivity contribution in [3.05, 3.63) is 49.4 Å². The monoisotopic (exact) mass is 455 g/mol. The number of thiophene rings is 1. The lowest BCUT2D eigenvalue weighted by Gasteiger charge is -2.12. The number of ether oxygens (including phenoxy) is 1. The molecule has 0 saturated heterocycles. The van der Waals surface area contributed by atoms with Crippen LogP contribution in [-0.2, 0) is 17.6 Å². The van der Waals surface area contributed by atoms with Gasteiger partial charge in [0.2, 0.25) is 0 Å². The quantitative estimate of drug-likeness (QED) is 0.539. The van der Waals surface area contributed by atoms with Crippen LogP contribution in [0, 0.1) is 3.57 Å². The largest absolute Gasteiger partial charge is 0.462 e. The molecule has 2 aromatic rings. The molecule has 0 bridgehead atoms. The number of fused-ring (bicyclic) bond motifs is 1. The first-order valence-electron chi connectivity index (χ1n) is 7.99. The maximum absolute atomic E-state index is 12.6. The molecule has 1 aliphatic rings. The smallest absolute Gasteiger partial charge is 0.341 e. The highest BCUT2D eigenvalue weighted by Crippen LogP contribution is 2.38. The first-order chi connectivity index (χ1) is 11.6. The van der Waals surface area contributed by atoms with E-state index >= 15 is 0 Å². The van der Waals surface area contributed by atoms with Crippen LogP contribution in [0.15, 0.2) is 24.3 Å². The number of carbonyl (C=O) groups is 2. The fraction of sp³-hybridized carbons (Fsp3) is 0.333. The number of anilines is 1. The van der Waals surface area contributed by atoms with E-state index in [-0.39, 0.29) is 11.9 Å². The van der Waals surface area contributed by atoms with Gasteiger partial charge in [-0.25, -0.2) is 4.79 Å². The maximum atomic E-state index is 12.6. The summed E-state index contributed by atoms with van der Waals surface area (Å²) in [4.78, 5) is 26.2. The third kappa shape index (κ3) is 3.49. The summed E-state index contributed by atoms with van der Waals surface area (Å²) in [6.45, 7) is 2.12. The number of nitrogens with one attached hydrogen (secondary N) is 1. The maximum Gasteiger partial charge on any atom is 0.341 e. The lowest BCUT2D eigenvalue weighted by Crippen LogP contribution is -2.16. The van der Waals surface area contributed by atoms with E-state index in [0.29, 0.717) is 22.7 Å². The molecule has 1 aliphatic carbocycles. The lowest BCUT2D eigenvalue weighted by molar-refractivity contribution is 0.0526. The number of carbonyl (C=O) groups excluding carboxylic acids is 2. The van der Waals surface area contributed by atoms with Crippen molar-refractivity contribution in [1.82, 2.24) is 0 Å². The molecule has 0 spiro atoms. The minimum atomic E-state index is -0.338. The topological polar surface area (TPSA) is 55.4 Å². The lowest BCUT2D eigenvalue weighted by atomic mass is 9.95. The number of rotatable bonds is 4. The summed E-state index contributed by atoms with van der Waals surface area (Å²) < 4.78 is 6.10. The number of hydrogen-bond acceptors (Lipinski definition) is 4. The summed E-state index contributed by atoms with van der Waals surface area (Å²) in [5.41, 5.74) is 2.22. The van der Waals surface area contributed by atoms with Gasteiger partial charge in [-0.05, 0) is 72.9 Å².